The van der Waals surface area contributed by atoms with Crippen molar-refractivity contribution in [2.75, 3.05) is 0 Å². The molecular formula is C21H27N5OS. The van der Waals surface area contributed by atoms with E-state index in [2.05, 4.69) is 58.2 Å². The van der Waals surface area contributed by atoms with Crippen LogP contribution < -0.4 is 5.32 Å². The number of carbonyl (C=O) groups is 1. The highest BCUT2D eigenvalue weighted by Crippen LogP contribution is 2.24. The van der Waals surface area contributed by atoms with E-state index in [9.17, 15) is 4.79 Å². The summed E-state index contributed by atoms with van der Waals surface area (Å²) in [5.74, 6) is 1.06. The minimum Gasteiger partial charge on any atom is -0.345 e. The molecule has 1 aromatic carbocycles. The number of aromatic nitrogens is 4. The van der Waals surface area contributed by atoms with Crippen LogP contribution in [-0.4, -0.2) is 25.2 Å². The minimum absolute atomic E-state index is 0.115. The summed E-state index contributed by atoms with van der Waals surface area (Å²) in [7, 11) is 0. The van der Waals surface area contributed by atoms with Crippen LogP contribution in [0.4, 0.5) is 0 Å². The van der Waals surface area contributed by atoms with Crippen molar-refractivity contribution in [2.24, 2.45) is 0 Å². The minimum atomic E-state index is -0.115. The summed E-state index contributed by atoms with van der Waals surface area (Å²) >= 11 is 5.20. The van der Waals surface area contributed by atoms with Gasteiger partial charge in [0.25, 0.3) is 5.91 Å². The SMILES string of the molecule is CCn1c(CNC(=O)c2cc(C)n(-c3cccc(C(C)C)c3)c2C)n[nH]c1=S. The van der Waals surface area contributed by atoms with Gasteiger partial charge >= 0.3 is 0 Å². The van der Waals surface area contributed by atoms with E-state index in [1.807, 2.05) is 31.4 Å². The number of hydrogen-bond donors (Lipinski definition) is 2. The lowest BCUT2D eigenvalue weighted by atomic mass is 10.0. The Labute approximate surface area is 170 Å². The zero-order valence-corrected chi connectivity index (χ0v) is 17.9. The van der Waals surface area contributed by atoms with Crippen LogP contribution in [-0.2, 0) is 13.1 Å². The first-order valence-electron chi connectivity index (χ1n) is 9.55. The normalized spacial score (nSPS) is 11.2. The second-order valence-corrected chi connectivity index (χ2v) is 7.63. The summed E-state index contributed by atoms with van der Waals surface area (Å²) in [5.41, 5.74) is 4.97. The van der Waals surface area contributed by atoms with Gasteiger partial charge < -0.3 is 14.5 Å². The number of benzene rings is 1. The molecule has 28 heavy (non-hydrogen) atoms. The Morgan fingerprint density at radius 1 is 1.29 bits per heavy atom. The lowest BCUT2D eigenvalue weighted by Gasteiger charge is -2.13. The van der Waals surface area contributed by atoms with E-state index in [-0.39, 0.29) is 5.91 Å². The summed E-state index contributed by atoms with van der Waals surface area (Å²) in [6.45, 7) is 11.4. The van der Waals surface area contributed by atoms with Crippen LogP contribution in [0.2, 0.25) is 0 Å². The number of carbonyl (C=O) groups excluding carboxylic acids is 1. The zero-order chi connectivity index (χ0) is 20.4. The summed E-state index contributed by atoms with van der Waals surface area (Å²) in [4.78, 5) is 12.8. The van der Waals surface area contributed by atoms with Gasteiger partial charge in [-0.15, -0.1) is 0 Å². The first-order valence-corrected chi connectivity index (χ1v) is 9.95. The van der Waals surface area contributed by atoms with Crippen LogP contribution >= 0.6 is 12.2 Å². The predicted molar refractivity (Wildman–Crippen MR) is 114 cm³/mol. The van der Waals surface area contributed by atoms with Gasteiger partial charge in [-0.2, -0.15) is 5.10 Å². The van der Waals surface area contributed by atoms with Crippen LogP contribution in [0.1, 0.15) is 59.8 Å². The number of rotatable bonds is 6. The third kappa shape index (κ3) is 3.80. The number of nitrogens with zero attached hydrogens (tertiary/aromatic N) is 3. The van der Waals surface area contributed by atoms with Crippen molar-refractivity contribution in [1.29, 1.82) is 0 Å². The monoisotopic (exact) mass is 397 g/mol. The number of aromatic amines is 1. The van der Waals surface area contributed by atoms with E-state index >= 15 is 0 Å². The van der Waals surface area contributed by atoms with E-state index in [1.54, 1.807) is 0 Å². The van der Waals surface area contributed by atoms with Crippen molar-refractivity contribution in [2.45, 2.75) is 53.6 Å². The molecule has 0 spiro atoms. The Kier molecular flexibility index (Phi) is 5.84. The molecule has 0 aliphatic rings. The zero-order valence-electron chi connectivity index (χ0n) is 17.0. The van der Waals surface area contributed by atoms with Gasteiger partial charge in [0.05, 0.1) is 12.1 Å². The van der Waals surface area contributed by atoms with Gasteiger partial charge in [-0.3, -0.25) is 9.89 Å². The van der Waals surface area contributed by atoms with Crippen molar-refractivity contribution >= 4 is 18.1 Å². The molecule has 0 aliphatic heterocycles. The maximum atomic E-state index is 12.8. The smallest absolute Gasteiger partial charge is 0.253 e. The van der Waals surface area contributed by atoms with Gasteiger partial charge in [0.15, 0.2) is 10.6 Å². The fraction of sp³-hybridized carbons (Fsp3) is 0.381. The largest absolute Gasteiger partial charge is 0.345 e. The average Bonchev–Trinajstić information content (AvgIpc) is 3.18. The van der Waals surface area contributed by atoms with Gasteiger partial charge in [0.1, 0.15) is 0 Å². The molecule has 148 valence electrons. The number of aryl methyl sites for hydroxylation is 1. The fourth-order valence-electron chi connectivity index (χ4n) is 3.48. The molecule has 2 heterocycles. The molecular weight excluding hydrogens is 370 g/mol. The average molecular weight is 398 g/mol. The molecule has 6 nitrogen and oxygen atoms in total. The maximum absolute atomic E-state index is 12.8. The molecule has 0 radical (unpaired) electrons. The lowest BCUT2D eigenvalue weighted by Crippen LogP contribution is -2.25. The summed E-state index contributed by atoms with van der Waals surface area (Å²) < 4.78 is 4.56. The van der Waals surface area contributed by atoms with Gasteiger partial charge in [-0.25, -0.2) is 0 Å². The molecule has 2 aromatic heterocycles. The highest BCUT2D eigenvalue weighted by atomic mass is 32.1. The molecule has 3 aromatic rings. The van der Waals surface area contributed by atoms with Crippen molar-refractivity contribution in [3.05, 3.63) is 63.4 Å². The molecule has 0 aliphatic carbocycles. The molecule has 3 rings (SSSR count). The number of amides is 1. The number of hydrogen-bond acceptors (Lipinski definition) is 3. The lowest BCUT2D eigenvalue weighted by molar-refractivity contribution is 0.0949. The first-order chi connectivity index (χ1) is 13.3. The van der Waals surface area contributed by atoms with Crippen molar-refractivity contribution in [1.82, 2.24) is 24.6 Å². The Balaban J connectivity index is 1.86. The Hall–Kier alpha value is -2.67. The number of nitrogens with one attached hydrogen (secondary N) is 2. The van der Waals surface area contributed by atoms with Crippen LogP contribution in [0.3, 0.4) is 0 Å². The van der Waals surface area contributed by atoms with Gasteiger partial charge in [-0.05, 0) is 62.7 Å². The third-order valence-electron chi connectivity index (χ3n) is 5.03. The molecule has 0 unspecified atom stereocenters. The van der Waals surface area contributed by atoms with E-state index in [0.29, 0.717) is 29.3 Å². The molecule has 7 heteroatoms. The van der Waals surface area contributed by atoms with Gasteiger partial charge in [0.2, 0.25) is 0 Å². The van der Waals surface area contributed by atoms with Crippen molar-refractivity contribution in [3.8, 4) is 5.69 Å². The highest BCUT2D eigenvalue weighted by Gasteiger charge is 2.17. The Morgan fingerprint density at radius 3 is 2.71 bits per heavy atom. The fourth-order valence-corrected chi connectivity index (χ4v) is 3.76. The molecule has 1 amide bonds. The van der Waals surface area contributed by atoms with Crippen LogP contribution in [0, 0.1) is 18.6 Å². The standard InChI is InChI=1S/C21H27N5OS/c1-6-25-19(23-24-21(25)28)12-22-20(27)18-10-14(4)26(15(18)5)17-9-7-8-16(11-17)13(2)3/h7-11,13H,6,12H2,1-5H3,(H,22,27)(H,24,28). The highest BCUT2D eigenvalue weighted by molar-refractivity contribution is 7.71. The summed E-state index contributed by atoms with van der Waals surface area (Å²) in [6.07, 6.45) is 0. The third-order valence-corrected chi connectivity index (χ3v) is 5.34. The molecule has 0 saturated heterocycles. The second-order valence-electron chi connectivity index (χ2n) is 7.24. The van der Waals surface area contributed by atoms with Crippen LogP contribution in [0.5, 0.6) is 0 Å². The van der Waals surface area contributed by atoms with Crippen molar-refractivity contribution in [3.63, 3.8) is 0 Å². The van der Waals surface area contributed by atoms with Crippen LogP contribution in [0.25, 0.3) is 5.69 Å². The Bertz CT molecular complexity index is 1060. The predicted octanol–water partition coefficient (Wildman–Crippen LogP) is 4.42. The summed E-state index contributed by atoms with van der Waals surface area (Å²) in [6, 6.07) is 10.4. The molecule has 2 N–H and O–H groups in total. The molecule has 0 fully saturated rings. The van der Waals surface area contributed by atoms with E-state index < -0.39 is 0 Å². The van der Waals surface area contributed by atoms with Crippen LogP contribution in [0.15, 0.2) is 30.3 Å². The maximum Gasteiger partial charge on any atom is 0.253 e. The van der Waals surface area contributed by atoms with E-state index in [4.69, 9.17) is 12.2 Å². The van der Waals surface area contributed by atoms with E-state index in [0.717, 1.165) is 22.9 Å². The van der Waals surface area contributed by atoms with Gasteiger partial charge in [-0.1, -0.05) is 26.0 Å². The molecule has 0 saturated carbocycles. The van der Waals surface area contributed by atoms with E-state index in [1.165, 1.54) is 5.56 Å². The summed E-state index contributed by atoms with van der Waals surface area (Å²) in [5, 5.41) is 9.93. The second kappa shape index (κ2) is 8.14. The molecule has 0 bridgehead atoms. The molecule has 0 atom stereocenters. The Morgan fingerprint density at radius 2 is 2.04 bits per heavy atom. The van der Waals surface area contributed by atoms with Crippen molar-refractivity contribution < 1.29 is 4.79 Å². The first kappa shape index (κ1) is 20.1. The van der Waals surface area contributed by atoms with Gasteiger partial charge in [0, 0.05) is 23.6 Å². The topological polar surface area (TPSA) is 67.6 Å². The number of H-pyrrole nitrogens is 1. The quantitative estimate of drug-likeness (QED) is 0.605.